The number of para-hydroxylation sites is 2. The van der Waals surface area contributed by atoms with Crippen molar-refractivity contribution in [2.45, 2.75) is 38.2 Å². The summed E-state index contributed by atoms with van der Waals surface area (Å²) in [5, 5.41) is 20.7. The Morgan fingerprint density at radius 1 is 1.14 bits per heavy atom. The second-order valence-corrected chi connectivity index (χ2v) is 7.44. The smallest absolute Gasteiger partial charge is 0.124 e. The molecular weight excluding hydrogens is 370 g/mol. The number of rotatable bonds is 11. The first-order chi connectivity index (χ1) is 14.2. The largest absolute Gasteiger partial charge is 0.508 e. The topological polar surface area (TPSA) is 71.4 Å². The lowest BCUT2D eigenvalue weighted by molar-refractivity contribution is -0.00335. The second-order valence-electron chi connectivity index (χ2n) is 7.44. The van der Waals surface area contributed by atoms with Crippen LogP contribution in [-0.4, -0.2) is 60.7 Å². The summed E-state index contributed by atoms with van der Waals surface area (Å²) >= 11 is 0. The molecule has 1 heterocycles. The molecule has 1 aliphatic heterocycles. The van der Waals surface area contributed by atoms with E-state index in [1.54, 1.807) is 13.2 Å². The molecule has 0 unspecified atom stereocenters. The van der Waals surface area contributed by atoms with Crippen molar-refractivity contribution in [2.24, 2.45) is 0 Å². The van der Waals surface area contributed by atoms with Crippen LogP contribution in [0.5, 0.6) is 11.5 Å². The molecule has 0 amide bonds. The van der Waals surface area contributed by atoms with Crippen LogP contribution in [-0.2, 0) is 22.6 Å². The molecule has 2 N–H and O–H groups in total. The molecule has 6 nitrogen and oxygen atoms in total. The molecule has 2 aromatic carbocycles. The Bertz CT molecular complexity index is 748. The number of methoxy groups -OCH3 is 1. The van der Waals surface area contributed by atoms with E-state index < -0.39 is 6.10 Å². The maximum Gasteiger partial charge on any atom is 0.124 e. The van der Waals surface area contributed by atoms with Crippen molar-refractivity contribution in [1.29, 1.82) is 0 Å². The van der Waals surface area contributed by atoms with Crippen LogP contribution in [0.1, 0.15) is 24.0 Å². The van der Waals surface area contributed by atoms with E-state index in [9.17, 15) is 10.2 Å². The zero-order valence-corrected chi connectivity index (χ0v) is 17.0. The molecule has 1 aliphatic rings. The maximum atomic E-state index is 10.5. The molecule has 3 rings (SSSR count). The highest BCUT2D eigenvalue weighted by Gasteiger charge is 2.22. The number of ether oxygens (including phenoxy) is 3. The summed E-state index contributed by atoms with van der Waals surface area (Å²) in [7, 11) is 1.63. The van der Waals surface area contributed by atoms with Gasteiger partial charge in [0.15, 0.2) is 0 Å². The molecule has 1 fully saturated rings. The summed E-state index contributed by atoms with van der Waals surface area (Å²) in [5.41, 5.74) is 1.79. The van der Waals surface area contributed by atoms with E-state index in [4.69, 9.17) is 14.2 Å². The predicted molar refractivity (Wildman–Crippen MR) is 111 cm³/mol. The molecule has 6 heteroatoms. The van der Waals surface area contributed by atoms with Crippen molar-refractivity contribution in [3.05, 3.63) is 59.7 Å². The SMILES string of the molecule is COc1ccccc1COC[C@@H](O)CN(Cc1ccccc1O)C[C@@H]1CCCO1. The van der Waals surface area contributed by atoms with Gasteiger partial charge in [-0.3, -0.25) is 4.90 Å². The molecule has 1 saturated heterocycles. The monoisotopic (exact) mass is 401 g/mol. The molecule has 0 saturated carbocycles. The normalized spacial score (nSPS) is 17.6. The third kappa shape index (κ3) is 6.72. The highest BCUT2D eigenvalue weighted by atomic mass is 16.5. The zero-order chi connectivity index (χ0) is 20.5. The summed E-state index contributed by atoms with van der Waals surface area (Å²) < 4.78 is 16.8. The van der Waals surface area contributed by atoms with Crippen LogP contribution in [0.3, 0.4) is 0 Å². The van der Waals surface area contributed by atoms with Gasteiger partial charge in [-0.05, 0) is 25.0 Å². The number of hydrogen-bond acceptors (Lipinski definition) is 6. The molecule has 158 valence electrons. The Hall–Kier alpha value is -2.12. The summed E-state index contributed by atoms with van der Waals surface area (Å²) in [4.78, 5) is 2.13. The van der Waals surface area contributed by atoms with Crippen molar-refractivity contribution >= 4 is 0 Å². The minimum atomic E-state index is -0.642. The van der Waals surface area contributed by atoms with Gasteiger partial charge in [-0.15, -0.1) is 0 Å². The van der Waals surface area contributed by atoms with E-state index in [0.29, 0.717) is 19.7 Å². The number of hydrogen-bond donors (Lipinski definition) is 2. The number of aliphatic hydroxyl groups is 1. The number of aromatic hydroxyl groups is 1. The molecule has 0 bridgehead atoms. The zero-order valence-electron chi connectivity index (χ0n) is 17.0. The number of aliphatic hydroxyl groups excluding tert-OH is 1. The van der Waals surface area contributed by atoms with Crippen molar-refractivity contribution in [3.63, 3.8) is 0 Å². The van der Waals surface area contributed by atoms with E-state index in [-0.39, 0.29) is 18.5 Å². The predicted octanol–water partition coefficient (Wildman–Crippen LogP) is 2.96. The number of phenolic OH excluding ortho intramolecular Hbond substituents is 1. The minimum absolute atomic E-state index is 0.169. The first kappa shape index (κ1) is 21.6. The van der Waals surface area contributed by atoms with Crippen LogP contribution < -0.4 is 4.74 Å². The van der Waals surface area contributed by atoms with Crippen LogP contribution in [0, 0.1) is 0 Å². The lowest BCUT2D eigenvalue weighted by Crippen LogP contribution is -2.39. The maximum absolute atomic E-state index is 10.5. The quantitative estimate of drug-likeness (QED) is 0.603. The molecule has 0 aliphatic carbocycles. The van der Waals surface area contributed by atoms with Gasteiger partial charge in [0.2, 0.25) is 0 Å². The fraction of sp³-hybridized carbons (Fsp3) is 0.478. The Labute approximate surface area is 172 Å². The van der Waals surface area contributed by atoms with Crippen molar-refractivity contribution in [1.82, 2.24) is 4.90 Å². The summed E-state index contributed by atoms with van der Waals surface area (Å²) in [6.07, 6.45) is 1.62. The highest BCUT2D eigenvalue weighted by Crippen LogP contribution is 2.21. The average Bonchev–Trinajstić information content (AvgIpc) is 3.23. The minimum Gasteiger partial charge on any atom is -0.508 e. The highest BCUT2D eigenvalue weighted by molar-refractivity contribution is 5.32. The third-order valence-corrected chi connectivity index (χ3v) is 5.10. The van der Waals surface area contributed by atoms with Gasteiger partial charge in [0.1, 0.15) is 11.5 Å². The van der Waals surface area contributed by atoms with Gasteiger partial charge in [-0.1, -0.05) is 36.4 Å². The lowest BCUT2D eigenvalue weighted by Gasteiger charge is -2.27. The van der Waals surface area contributed by atoms with E-state index in [0.717, 1.165) is 42.9 Å². The van der Waals surface area contributed by atoms with Crippen molar-refractivity contribution < 1.29 is 24.4 Å². The van der Waals surface area contributed by atoms with Gasteiger partial charge < -0.3 is 24.4 Å². The van der Waals surface area contributed by atoms with Gasteiger partial charge in [0.25, 0.3) is 0 Å². The molecule has 0 aromatic heterocycles. The van der Waals surface area contributed by atoms with Gasteiger partial charge in [0, 0.05) is 37.4 Å². The van der Waals surface area contributed by atoms with Crippen LogP contribution in [0.15, 0.2) is 48.5 Å². The Morgan fingerprint density at radius 3 is 2.62 bits per heavy atom. The standard InChI is InChI=1S/C23H31NO5/c1-27-23-11-5-3-8-19(23)16-28-17-20(25)14-24(15-21-9-6-12-29-21)13-18-7-2-4-10-22(18)26/h2-5,7-8,10-11,20-21,25-26H,6,9,12-17H2,1H3/t20-,21-/m0/s1. The van der Waals surface area contributed by atoms with Gasteiger partial charge in [-0.25, -0.2) is 0 Å². The van der Waals surface area contributed by atoms with E-state index in [2.05, 4.69) is 4.90 Å². The van der Waals surface area contributed by atoms with Crippen molar-refractivity contribution in [2.75, 3.05) is 33.4 Å². The number of nitrogens with zero attached hydrogens (tertiary/aromatic N) is 1. The summed E-state index contributed by atoms with van der Waals surface area (Å²) in [5.74, 6) is 1.05. The summed E-state index contributed by atoms with van der Waals surface area (Å²) in [6, 6.07) is 15.0. The Kier molecular flexibility index (Phi) is 8.31. The van der Waals surface area contributed by atoms with Gasteiger partial charge in [0.05, 0.1) is 32.5 Å². The van der Waals surface area contributed by atoms with E-state index in [1.807, 2.05) is 42.5 Å². The Balaban J connectivity index is 1.53. The first-order valence-electron chi connectivity index (χ1n) is 10.1. The summed E-state index contributed by atoms with van der Waals surface area (Å²) in [6.45, 7) is 3.11. The second kappa shape index (κ2) is 11.2. The molecule has 0 radical (unpaired) electrons. The van der Waals surface area contributed by atoms with Crippen LogP contribution >= 0.6 is 0 Å². The molecular formula is C23H31NO5. The van der Waals surface area contributed by atoms with Crippen molar-refractivity contribution in [3.8, 4) is 11.5 Å². The van der Waals surface area contributed by atoms with Gasteiger partial charge >= 0.3 is 0 Å². The lowest BCUT2D eigenvalue weighted by atomic mass is 10.1. The molecule has 2 atom stereocenters. The first-order valence-corrected chi connectivity index (χ1v) is 10.1. The third-order valence-electron chi connectivity index (χ3n) is 5.10. The molecule has 0 spiro atoms. The fourth-order valence-corrected chi connectivity index (χ4v) is 3.64. The number of benzene rings is 2. The van der Waals surface area contributed by atoms with E-state index >= 15 is 0 Å². The molecule has 29 heavy (non-hydrogen) atoms. The van der Waals surface area contributed by atoms with Gasteiger partial charge in [-0.2, -0.15) is 0 Å². The average molecular weight is 402 g/mol. The van der Waals surface area contributed by atoms with Crippen LogP contribution in [0.4, 0.5) is 0 Å². The van der Waals surface area contributed by atoms with E-state index in [1.165, 1.54) is 0 Å². The van der Waals surface area contributed by atoms with Crippen LogP contribution in [0.25, 0.3) is 0 Å². The van der Waals surface area contributed by atoms with Crippen LogP contribution in [0.2, 0.25) is 0 Å². The molecule has 2 aromatic rings. The Morgan fingerprint density at radius 2 is 1.90 bits per heavy atom. The fourth-order valence-electron chi connectivity index (χ4n) is 3.64. The number of phenols is 1.